The molecule has 2 aromatic rings. The van der Waals surface area contributed by atoms with Gasteiger partial charge in [-0.25, -0.2) is 4.39 Å². The van der Waals surface area contributed by atoms with E-state index < -0.39 is 5.38 Å². The van der Waals surface area contributed by atoms with Crippen LogP contribution >= 0.6 is 27.5 Å². The Labute approximate surface area is 134 Å². The van der Waals surface area contributed by atoms with Crippen LogP contribution in [0.5, 0.6) is 5.75 Å². The first-order valence-corrected chi connectivity index (χ1v) is 7.43. The number of anilines is 1. The second-order valence-electron chi connectivity index (χ2n) is 4.63. The molecule has 0 saturated heterocycles. The monoisotopic (exact) mass is 369 g/mol. The molecule has 1 heterocycles. The van der Waals surface area contributed by atoms with Gasteiger partial charge in [0, 0.05) is 0 Å². The van der Waals surface area contributed by atoms with Crippen molar-refractivity contribution in [2.75, 3.05) is 11.9 Å². The molecular weight excluding hydrogens is 361 g/mol. The van der Waals surface area contributed by atoms with Gasteiger partial charge in [-0.05, 0) is 51.3 Å². The molecule has 2 aromatic carbocycles. The number of fused-ring (bicyclic) bond motifs is 1. The minimum atomic E-state index is -0.453. The van der Waals surface area contributed by atoms with E-state index in [1.165, 1.54) is 6.07 Å². The molecule has 3 rings (SSSR count). The number of hydrogen-bond donors (Lipinski definition) is 1. The van der Waals surface area contributed by atoms with Crippen LogP contribution in [-0.2, 0) is 4.79 Å². The molecule has 0 radical (unpaired) electrons. The highest BCUT2D eigenvalue weighted by Gasteiger charge is 2.19. The second-order valence-corrected chi connectivity index (χ2v) is 5.92. The minimum absolute atomic E-state index is 0.0154. The second kappa shape index (κ2) is 5.66. The summed E-state index contributed by atoms with van der Waals surface area (Å²) < 4.78 is 18.9. The van der Waals surface area contributed by atoms with Crippen LogP contribution in [0.3, 0.4) is 0 Å². The van der Waals surface area contributed by atoms with Gasteiger partial charge in [-0.1, -0.05) is 12.1 Å². The molecule has 3 nitrogen and oxygen atoms in total. The summed E-state index contributed by atoms with van der Waals surface area (Å²) in [5, 5.41) is 2.28. The number of alkyl halides is 1. The van der Waals surface area contributed by atoms with Crippen LogP contribution in [0, 0.1) is 5.82 Å². The largest absolute Gasteiger partial charge is 0.482 e. The van der Waals surface area contributed by atoms with Crippen molar-refractivity contribution in [3.63, 3.8) is 0 Å². The number of carbonyl (C=O) groups is 1. The third kappa shape index (κ3) is 2.89. The first-order valence-electron chi connectivity index (χ1n) is 6.20. The summed E-state index contributed by atoms with van der Waals surface area (Å²) in [5.74, 6) is 0.0755. The normalized spacial score (nSPS) is 14.9. The van der Waals surface area contributed by atoms with E-state index >= 15 is 0 Å². The predicted octanol–water partition coefficient (Wildman–Crippen LogP) is 4.25. The SMILES string of the molecule is O=C1COc2ccc(C(Cl)c3ccc(F)c(Br)c3)cc2N1. The average Bonchev–Trinajstić information content (AvgIpc) is 2.48. The Bertz CT molecular complexity index is 723. The van der Waals surface area contributed by atoms with Crippen LogP contribution < -0.4 is 10.1 Å². The topological polar surface area (TPSA) is 38.3 Å². The summed E-state index contributed by atoms with van der Waals surface area (Å²) in [6.45, 7) is 0.0154. The van der Waals surface area contributed by atoms with E-state index in [2.05, 4.69) is 21.2 Å². The lowest BCUT2D eigenvalue weighted by atomic mass is 10.0. The fourth-order valence-electron chi connectivity index (χ4n) is 2.12. The fraction of sp³-hybridized carbons (Fsp3) is 0.133. The first-order chi connectivity index (χ1) is 10.0. The lowest BCUT2D eigenvalue weighted by Gasteiger charge is -2.20. The van der Waals surface area contributed by atoms with Gasteiger partial charge in [0.25, 0.3) is 5.91 Å². The maximum absolute atomic E-state index is 13.3. The molecule has 108 valence electrons. The van der Waals surface area contributed by atoms with Crippen LogP contribution in [0.2, 0.25) is 0 Å². The minimum Gasteiger partial charge on any atom is -0.482 e. The summed E-state index contributed by atoms with van der Waals surface area (Å²) in [7, 11) is 0. The Morgan fingerprint density at radius 1 is 1.24 bits per heavy atom. The summed E-state index contributed by atoms with van der Waals surface area (Å²) >= 11 is 9.58. The van der Waals surface area contributed by atoms with Crippen molar-refractivity contribution in [2.24, 2.45) is 0 Å². The van der Waals surface area contributed by atoms with E-state index in [4.69, 9.17) is 16.3 Å². The Balaban J connectivity index is 1.94. The number of benzene rings is 2. The van der Waals surface area contributed by atoms with Gasteiger partial charge in [0.15, 0.2) is 6.61 Å². The summed E-state index contributed by atoms with van der Waals surface area (Å²) in [5.41, 5.74) is 2.14. The lowest BCUT2D eigenvalue weighted by Crippen LogP contribution is -2.25. The van der Waals surface area contributed by atoms with E-state index in [1.807, 2.05) is 6.07 Å². The van der Waals surface area contributed by atoms with E-state index in [-0.39, 0.29) is 18.3 Å². The predicted molar refractivity (Wildman–Crippen MR) is 82.4 cm³/mol. The Morgan fingerprint density at radius 3 is 2.71 bits per heavy atom. The van der Waals surface area contributed by atoms with E-state index in [0.717, 1.165) is 11.1 Å². The molecule has 1 aliphatic heterocycles. The molecule has 0 spiro atoms. The van der Waals surface area contributed by atoms with Crippen molar-refractivity contribution in [2.45, 2.75) is 5.38 Å². The number of rotatable bonds is 2. The summed E-state index contributed by atoms with van der Waals surface area (Å²) in [4.78, 5) is 11.3. The molecule has 0 bridgehead atoms. The fourth-order valence-corrected chi connectivity index (χ4v) is 2.79. The number of carbonyl (C=O) groups excluding carboxylic acids is 1. The number of hydrogen-bond acceptors (Lipinski definition) is 2. The zero-order valence-corrected chi connectivity index (χ0v) is 13.0. The van der Waals surface area contributed by atoms with Gasteiger partial charge in [-0.15, -0.1) is 11.6 Å². The third-order valence-corrected chi connectivity index (χ3v) is 4.28. The quantitative estimate of drug-likeness (QED) is 0.803. The summed E-state index contributed by atoms with van der Waals surface area (Å²) in [6, 6.07) is 9.98. The van der Waals surface area contributed by atoms with Crippen LogP contribution in [0.4, 0.5) is 10.1 Å². The van der Waals surface area contributed by atoms with Crippen LogP contribution in [0.15, 0.2) is 40.9 Å². The van der Waals surface area contributed by atoms with Gasteiger partial charge < -0.3 is 10.1 Å². The molecule has 6 heteroatoms. The zero-order chi connectivity index (χ0) is 15.0. The zero-order valence-electron chi connectivity index (χ0n) is 10.7. The average molecular weight is 371 g/mol. The maximum Gasteiger partial charge on any atom is 0.262 e. The molecule has 0 aliphatic carbocycles. The molecule has 1 aliphatic rings. The molecular formula is C15H10BrClFNO2. The van der Waals surface area contributed by atoms with Gasteiger partial charge >= 0.3 is 0 Å². The molecule has 0 fully saturated rings. The van der Waals surface area contributed by atoms with Crippen molar-refractivity contribution in [1.29, 1.82) is 0 Å². The summed E-state index contributed by atoms with van der Waals surface area (Å²) in [6.07, 6.45) is 0. The number of nitrogens with one attached hydrogen (secondary N) is 1. The number of halogens is 3. The molecule has 0 saturated carbocycles. The van der Waals surface area contributed by atoms with E-state index in [0.29, 0.717) is 15.9 Å². The highest BCUT2D eigenvalue weighted by molar-refractivity contribution is 9.10. The van der Waals surface area contributed by atoms with Crippen LogP contribution in [-0.4, -0.2) is 12.5 Å². The Hall–Kier alpha value is -1.59. The van der Waals surface area contributed by atoms with Crippen LogP contribution in [0.25, 0.3) is 0 Å². The molecule has 21 heavy (non-hydrogen) atoms. The van der Waals surface area contributed by atoms with Gasteiger partial charge in [-0.3, -0.25) is 4.79 Å². The molecule has 1 unspecified atom stereocenters. The highest BCUT2D eigenvalue weighted by atomic mass is 79.9. The standard InChI is InChI=1S/C15H10BrClFNO2/c16-10-5-8(1-3-11(10)18)15(17)9-2-4-13-12(6-9)19-14(20)7-21-13/h1-6,15H,7H2,(H,19,20). The van der Waals surface area contributed by atoms with Crippen molar-refractivity contribution in [3.05, 3.63) is 57.8 Å². The van der Waals surface area contributed by atoms with Crippen molar-refractivity contribution < 1.29 is 13.9 Å². The molecule has 1 amide bonds. The Kier molecular flexibility index (Phi) is 3.87. The van der Waals surface area contributed by atoms with Gasteiger partial charge in [0.05, 0.1) is 15.5 Å². The Morgan fingerprint density at radius 2 is 1.95 bits per heavy atom. The molecule has 1 N–H and O–H groups in total. The highest BCUT2D eigenvalue weighted by Crippen LogP contribution is 2.36. The van der Waals surface area contributed by atoms with Crippen molar-refractivity contribution >= 4 is 39.1 Å². The van der Waals surface area contributed by atoms with E-state index in [1.54, 1.807) is 24.3 Å². The van der Waals surface area contributed by atoms with Gasteiger partial charge in [-0.2, -0.15) is 0 Å². The smallest absolute Gasteiger partial charge is 0.262 e. The van der Waals surface area contributed by atoms with Crippen molar-refractivity contribution in [3.8, 4) is 5.75 Å². The lowest BCUT2D eigenvalue weighted by molar-refractivity contribution is -0.118. The number of ether oxygens (including phenoxy) is 1. The maximum atomic E-state index is 13.3. The molecule has 1 atom stereocenters. The van der Waals surface area contributed by atoms with Gasteiger partial charge in [0.2, 0.25) is 0 Å². The molecule has 0 aromatic heterocycles. The number of amides is 1. The van der Waals surface area contributed by atoms with Crippen molar-refractivity contribution in [1.82, 2.24) is 0 Å². The first kappa shape index (κ1) is 14.4. The third-order valence-electron chi connectivity index (χ3n) is 3.17. The van der Waals surface area contributed by atoms with Crippen LogP contribution in [0.1, 0.15) is 16.5 Å². The van der Waals surface area contributed by atoms with Gasteiger partial charge in [0.1, 0.15) is 11.6 Å². The van der Waals surface area contributed by atoms with E-state index in [9.17, 15) is 9.18 Å².